The van der Waals surface area contributed by atoms with Gasteiger partial charge < -0.3 is 0 Å². The van der Waals surface area contributed by atoms with Crippen molar-refractivity contribution in [3.8, 4) is 0 Å². The molecule has 0 saturated heterocycles. The molecule has 0 heterocycles. The first-order chi connectivity index (χ1) is 7.49. The molecule has 1 aliphatic carbocycles. The first-order valence-corrected chi connectivity index (χ1v) is 7.44. The summed E-state index contributed by atoms with van der Waals surface area (Å²) in [7, 11) is -3.47. The van der Waals surface area contributed by atoms with Gasteiger partial charge in [-0.1, -0.05) is 22.0 Å². The van der Waals surface area contributed by atoms with E-state index in [1.807, 2.05) is 0 Å². The van der Waals surface area contributed by atoms with Crippen LogP contribution in [0.2, 0.25) is 0 Å². The number of hydrogen-bond acceptors (Lipinski definition) is 3. The predicted molar refractivity (Wildman–Crippen MR) is 63.9 cm³/mol. The largest absolute Gasteiger partial charge is 0.298 e. The normalized spacial score (nSPS) is 16.1. The maximum atomic E-state index is 11.9. The quantitative estimate of drug-likeness (QED) is 0.857. The lowest BCUT2D eigenvalue weighted by Crippen LogP contribution is -2.17. The third-order valence-corrected chi connectivity index (χ3v) is 4.65. The Labute approximate surface area is 103 Å². The van der Waals surface area contributed by atoms with Crippen molar-refractivity contribution in [1.82, 2.24) is 0 Å². The zero-order chi connectivity index (χ0) is 11.8. The Morgan fingerprint density at radius 2 is 2.06 bits per heavy atom. The van der Waals surface area contributed by atoms with Crippen LogP contribution >= 0.6 is 15.9 Å². The highest BCUT2D eigenvalue weighted by Crippen LogP contribution is 2.31. The summed E-state index contributed by atoms with van der Waals surface area (Å²) in [6.07, 6.45) is 1.68. The summed E-state index contributed by atoms with van der Waals surface area (Å²) < 4.78 is 24.5. The lowest BCUT2D eigenvalue weighted by molar-refractivity contribution is -0.117. The number of halogens is 1. The number of rotatable bonds is 4. The van der Waals surface area contributed by atoms with Crippen molar-refractivity contribution in [2.24, 2.45) is 5.92 Å². The highest BCUT2D eigenvalue weighted by molar-refractivity contribution is 9.10. The minimum Gasteiger partial charge on any atom is -0.298 e. The molecular formula is C11H11BrO3S. The zero-order valence-electron chi connectivity index (χ0n) is 8.52. The molecule has 3 nitrogen and oxygen atoms in total. The van der Waals surface area contributed by atoms with E-state index in [-0.39, 0.29) is 22.3 Å². The molecule has 1 saturated carbocycles. The fourth-order valence-corrected chi connectivity index (χ4v) is 3.37. The molecule has 0 radical (unpaired) electrons. The van der Waals surface area contributed by atoms with E-state index in [1.165, 1.54) is 12.1 Å². The molecule has 16 heavy (non-hydrogen) atoms. The molecule has 0 amide bonds. The number of hydrogen-bond donors (Lipinski definition) is 0. The fraction of sp³-hybridized carbons (Fsp3) is 0.364. The Balaban J connectivity index is 2.21. The van der Waals surface area contributed by atoms with E-state index in [4.69, 9.17) is 0 Å². The minimum absolute atomic E-state index is 0.0121. The van der Waals surface area contributed by atoms with Gasteiger partial charge in [-0.25, -0.2) is 8.42 Å². The Morgan fingerprint density at radius 1 is 1.38 bits per heavy atom. The van der Waals surface area contributed by atoms with E-state index < -0.39 is 9.84 Å². The average Bonchev–Trinajstić information content (AvgIpc) is 3.00. The van der Waals surface area contributed by atoms with Gasteiger partial charge in [0.15, 0.2) is 15.6 Å². The van der Waals surface area contributed by atoms with Crippen LogP contribution in [0.5, 0.6) is 0 Å². The van der Waals surface area contributed by atoms with Gasteiger partial charge in [-0.05, 0) is 31.0 Å². The maximum Gasteiger partial charge on any atom is 0.185 e. The van der Waals surface area contributed by atoms with Crippen LogP contribution in [0.3, 0.4) is 0 Å². The SMILES string of the molecule is O=C(CS(=O)(=O)c1cccc(Br)c1)C1CC1. The molecule has 0 aliphatic heterocycles. The van der Waals surface area contributed by atoms with Crippen molar-refractivity contribution in [2.45, 2.75) is 17.7 Å². The van der Waals surface area contributed by atoms with Crippen LogP contribution in [0.25, 0.3) is 0 Å². The molecule has 1 fully saturated rings. The number of ketones is 1. The molecule has 0 spiro atoms. The second-order valence-electron chi connectivity index (χ2n) is 3.96. The van der Waals surface area contributed by atoms with Crippen molar-refractivity contribution in [1.29, 1.82) is 0 Å². The molecule has 0 atom stereocenters. The summed E-state index contributed by atoms with van der Waals surface area (Å²) in [5, 5.41) is 0. The van der Waals surface area contributed by atoms with E-state index >= 15 is 0 Å². The monoisotopic (exact) mass is 302 g/mol. The van der Waals surface area contributed by atoms with E-state index in [0.29, 0.717) is 4.47 Å². The van der Waals surface area contributed by atoms with Crippen LogP contribution in [0.15, 0.2) is 33.6 Å². The number of carbonyl (C=O) groups is 1. The first kappa shape index (κ1) is 11.8. The Morgan fingerprint density at radius 3 is 2.62 bits per heavy atom. The van der Waals surface area contributed by atoms with E-state index in [1.54, 1.807) is 12.1 Å². The standard InChI is InChI=1S/C11H11BrO3S/c12-9-2-1-3-10(6-9)16(14,15)7-11(13)8-4-5-8/h1-3,6,8H,4-5,7H2. The summed E-state index contributed by atoms with van der Waals surface area (Å²) in [6.45, 7) is 0. The molecule has 2 rings (SSSR count). The van der Waals surface area contributed by atoms with Crippen LogP contribution < -0.4 is 0 Å². The molecule has 1 aromatic carbocycles. The number of Topliss-reactive ketones (excluding diaryl/α,β-unsaturated/α-hetero) is 1. The van der Waals surface area contributed by atoms with Crippen molar-refractivity contribution in [2.75, 3.05) is 5.75 Å². The van der Waals surface area contributed by atoms with E-state index in [0.717, 1.165) is 12.8 Å². The maximum absolute atomic E-state index is 11.9. The average molecular weight is 303 g/mol. The summed E-state index contributed by atoms with van der Waals surface area (Å²) in [5.74, 6) is -0.532. The molecular weight excluding hydrogens is 292 g/mol. The van der Waals surface area contributed by atoms with Gasteiger partial charge in [-0.2, -0.15) is 0 Å². The lowest BCUT2D eigenvalue weighted by atomic mass is 10.3. The van der Waals surface area contributed by atoms with Crippen LogP contribution in [0.1, 0.15) is 12.8 Å². The van der Waals surface area contributed by atoms with Gasteiger partial charge in [0.05, 0.1) is 4.90 Å². The Bertz CT molecular complexity index is 518. The van der Waals surface area contributed by atoms with Gasteiger partial charge in [-0.3, -0.25) is 4.79 Å². The summed E-state index contributed by atoms with van der Waals surface area (Å²) >= 11 is 3.21. The smallest absolute Gasteiger partial charge is 0.185 e. The van der Waals surface area contributed by atoms with E-state index in [2.05, 4.69) is 15.9 Å². The molecule has 1 aliphatic rings. The van der Waals surface area contributed by atoms with Gasteiger partial charge in [0.2, 0.25) is 0 Å². The van der Waals surface area contributed by atoms with Crippen molar-refractivity contribution >= 4 is 31.6 Å². The molecule has 86 valence electrons. The number of benzene rings is 1. The highest BCUT2D eigenvalue weighted by Gasteiger charge is 2.32. The molecule has 0 bridgehead atoms. The topological polar surface area (TPSA) is 51.2 Å². The number of sulfone groups is 1. The zero-order valence-corrected chi connectivity index (χ0v) is 10.9. The van der Waals surface area contributed by atoms with Gasteiger partial charge in [-0.15, -0.1) is 0 Å². The third kappa shape index (κ3) is 2.71. The van der Waals surface area contributed by atoms with Gasteiger partial charge >= 0.3 is 0 Å². The summed E-state index contributed by atoms with van der Waals surface area (Å²) in [4.78, 5) is 11.7. The van der Waals surface area contributed by atoms with Crippen molar-refractivity contribution < 1.29 is 13.2 Å². The fourth-order valence-electron chi connectivity index (χ4n) is 1.45. The predicted octanol–water partition coefficient (Wildman–Crippen LogP) is 2.20. The van der Waals surface area contributed by atoms with Gasteiger partial charge in [0.25, 0.3) is 0 Å². The van der Waals surface area contributed by atoms with Crippen molar-refractivity contribution in [3.63, 3.8) is 0 Å². The lowest BCUT2D eigenvalue weighted by Gasteiger charge is -2.03. The molecule has 1 aromatic rings. The van der Waals surface area contributed by atoms with Crippen LogP contribution in [-0.2, 0) is 14.6 Å². The van der Waals surface area contributed by atoms with Gasteiger partial charge in [0.1, 0.15) is 5.75 Å². The number of carbonyl (C=O) groups excluding carboxylic acids is 1. The second-order valence-corrected chi connectivity index (χ2v) is 6.86. The van der Waals surface area contributed by atoms with Crippen molar-refractivity contribution in [3.05, 3.63) is 28.7 Å². The summed E-state index contributed by atoms with van der Waals surface area (Å²) in [6, 6.07) is 6.44. The summed E-state index contributed by atoms with van der Waals surface area (Å²) in [5.41, 5.74) is 0. The van der Waals surface area contributed by atoms with Crippen LogP contribution in [0.4, 0.5) is 0 Å². The van der Waals surface area contributed by atoms with Crippen LogP contribution in [-0.4, -0.2) is 20.0 Å². The molecule has 5 heteroatoms. The molecule has 0 unspecified atom stereocenters. The molecule has 0 aromatic heterocycles. The van der Waals surface area contributed by atoms with E-state index in [9.17, 15) is 13.2 Å². The highest BCUT2D eigenvalue weighted by atomic mass is 79.9. The van der Waals surface area contributed by atoms with Crippen LogP contribution in [0, 0.1) is 5.92 Å². The van der Waals surface area contributed by atoms with Gasteiger partial charge in [0, 0.05) is 10.4 Å². The second kappa shape index (κ2) is 4.30. The molecule has 0 N–H and O–H groups in total. The third-order valence-electron chi connectivity index (χ3n) is 2.52. The minimum atomic E-state index is -3.47. The first-order valence-electron chi connectivity index (χ1n) is 5.00. The Hall–Kier alpha value is -0.680. The Kier molecular flexibility index (Phi) is 3.17.